The summed E-state index contributed by atoms with van der Waals surface area (Å²) in [4.78, 5) is 0. The minimum Gasteiger partial charge on any atom is -1.00 e. The largest absolute Gasteiger partial charge is 1.00 e. The van der Waals surface area contributed by atoms with Crippen LogP contribution in [0.3, 0.4) is 0 Å². The van der Waals surface area contributed by atoms with Gasteiger partial charge in [0.2, 0.25) is 5.75 Å². The number of methoxy groups -OCH3 is 4. The first-order valence-corrected chi connectivity index (χ1v) is 16.8. The molecule has 0 spiro atoms. The molecular formula is C40H54I2N2O9. The quantitative estimate of drug-likeness (QED) is 0.189. The van der Waals surface area contributed by atoms with Crippen LogP contribution in [0.4, 0.5) is 0 Å². The maximum atomic E-state index is 7.14. The van der Waals surface area contributed by atoms with E-state index in [9.17, 15) is 0 Å². The highest BCUT2D eigenvalue weighted by Gasteiger charge is 2.42. The summed E-state index contributed by atoms with van der Waals surface area (Å²) >= 11 is 0. The van der Waals surface area contributed by atoms with Gasteiger partial charge in [-0.3, -0.25) is 0 Å². The van der Waals surface area contributed by atoms with Gasteiger partial charge in [0, 0.05) is 31.2 Å². The molecule has 0 radical (unpaired) electrons. The molecule has 13 heteroatoms. The van der Waals surface area contributed by atoms with Gasteiger partial charge in [0.25, 0.3) is 0 Å². The highest BCUT2D eigenvalue weighted by atomic mass is 127. The molecule has 4 aromatic rings. The molecule has 4 aliphatic rings. The summed E-state index contributed by atoms with van der Waals surface area (Å²) in [6.07, 6.45) is 3.47. The van der Waals surface area contributed by atoms with Crippen molar-refractivity contribution in [3.8, 4) is 46.0 Å². The van der Waals surface area contributed by atoms with Crippen molar-refractivity contribution in [2.75, 3.05) is 69.7 Å². The van der Waals surface area contributed by atoms with E-state index in [1.807, 2.05) is 6.07 Å². The lowest BCUT2D eigenvalue weighted by Crippen LogP contribution is -3.00. The Hall–Kier alpha value is -3.06. The zero-order chi connectivity index (χ0) is 33.8. The average molecular weight is 961 g/mol. The molecule has 8 rings (SSSR count). The number of hydrogen-bond acceptors (Lipinski definition) is 6. The van der Waals surface area contributed by atoms with Crippen LogP contribution in [0.15, 0.2) is 60.7 Å². The van der Waals surface area contributed by atoms with Gasteiger partial charge in [-0.25, -0.2) is 0 Å². The highest BCUT2D eigenvalue weighted by molar-refractivity contribution is 5.63. The number of likely N-dealkylation sites (N-methyl/N-ethyl adjacent to an activating group) is 2. The third-order valence-electron chi connectivity index (χ3n) is 10.9. The Kier molecular flexibility index (Phi) is 15.7. The minimum atomic E-state index is 0. The van der Waals surface area contributed by atoms with E-state index < -0.39 is 0 Å². The topological polar surface area (TPSA) is 150 Å². The Balaban J connectivity index is 0.00000194. The van der Waals surface area contributed by atoms with Crippen LogP contribution in [0, 0.1) is 0 Å². The van der Waals surface area contributed by atoms with Crippen molar-refractivity contribution in [1.29, 1.82) is 0 Å². The molecule has 0 aromatic heterocycles. The van der Waals surface area contributed by atoms with Gasteiger partial charge in [-0.15, -0.1) is 0 Å². The van der Waals surface area contributed by atoms with Gasteiger partial charge in [0.1, 0.15) is 17.8 Å². The van der Waals surface area contributed by atoms with Crippen LogP contribution in [0.25, 0.3) is 0 Å². The van der Waals surface area contributed by atoms with Crippen LogP contribution < -0.4 is 76.4 Å². The van der Waals surface area contributed by atoms with Crippen LogP contribution in [0.2, 0.25) is 0 Å². The number of halogens is 2. The summed E-state index contributed by atoms with van der Waals surface area (Å²) in [5.41, 5.74) is 7.31. The smallest absolute Gasteiger partial charge is 0.204 e. The van der Waals surface area contributed by atoms with Crippen molar-refractivity contribution in [3.63, 3.8) is 0 Å². The maximum Gasteiger partial charge on any atom is 0.204 e. The number of fused-ring (bicyclic) bond motifs is 2. The molecule has 2 atom stereocenters. The second-order valence-corrected chi connectivity index (χ2v) is 14.5. The van der Waals surface area contributed by atoms with Crippen LogP contribution in [0.1, 0.15) is 45.5 Å². The molecule has 6 N–H and O–H groups in total. The van der Waals surface area contributed by atoms with Crippen molar-refractivity contribution >= 4 is 0 Å². The molecule has 4 heterocycles. The van der Waals surface area contributed by atoms with Crippen molar-refractivity contribution < 1.29 is 102 Å². The normalized spacial score (nSPS) is 18.3. The van der Waals surface area contributed by atoms with E-state index in [0.29, 0.717) is 34.5 Å². The molecule has 0 unspecified atom stereocenters. The number of benzene rings is 4. The van der Waals surface area contributed by atoms with Gasteiger partial charge in [0.15, 0.2) is 34.5 Å². The van der Waals surface area contributed by atoms with E-state index in [2.05, 4.69) is 82.8 Å². The van der Waals surface area contributed by atoms with Gasteiger partial charge < -0.3 is 102 Å². The van der Waals surface area contributed by atoms with Gasteiger partial charge in [-0.05, 0) is 64.7 Å². The Labute approximate surface area is 347 Å². The maximum absolute atomic E-state index is 7.14. The third-order valence-corrected chi connectivity index (χ3v) is 10.9. The number of quaternary nitrogens is 2. The van der Waals surface area contributed by atoms with Gasteiger partial charge in [-0.2, -0.15) is 0 Å². The summed E-state index contributed by atoms with van der Waals surface area (Å²) in [5.74, 6) is 5.51. The van der Waals surface area contributed by atoms with E-state index in [0.717, 1.165) is 70.4 Å². The molecule has 0 saturated carbocycles. The van der Waals surface area contributed by atoms with Crippen molar-refractivity contribution in [2.24, 2.45) is 0 Å². The Morgan fingerprint density at radius 1 is 0.566 bits per heavy atom. The number of rotatable bonds is 4. The number of hydrogen-bond donors (Lipinski definition) is 0. The van der Waals surface area contributed by atoms with Crippen LogP contribution >= 0.6 is 0 Å². The average Bonchev–Trinajstić information content (AvgIpc) is 3.07. The summed E-state index contributed by atoms with van der Waals surface area (Å²) in [5, 5.41) is 0. The summed E-state index contributed by atoms with van der Waals surface area (Å²) in [7, 11) is 16.0. The molecule has 53 heavy (non-hydrogen) atoms. The Bertz CT molecular complexity index is 1870. The Morgan fingerprint density at radius 2 is 1.11 bits per heavy atom. The number of nitrogens with zero attached hydrogens (tertiary/aromatic N) is 2. The van der Waals surface area contributed by atoms with E-state index >= 15 is 0 Å². The van der Waals surface area contributed by atoms with E-state index in [1.54, 1.807) is 28.4 Å². The second kappa shape index (κ2) is 18.0. The van der Waals surface area contributed by atoms with Gasteiger partial charge in [0.05, 0.1) is 75.3 Å². The van der Waals surface area contributed by atoms with Crippen LogP contribution in [0.5, 0.6) is 46.0 Å². The van der Waals surface area contributed by atoms with Gasteiger partial charge >= 0.3 is 0 Å². The predicted molar refractivity (Wildman–Crippen MR) is 197 cm³/mol. The van der Waals surface area contributed by atoms with E-state index in [4.69, 9.17) is 28.4 Å². The van der Waals surface area contributed by atoms with E-state index in [1.165, 1.54) is 22.3 Å². The molecule has 0 amide bonds. The van der Waals surface area contributed by atoms with Crippen molar-refractivity contribution in [1.82, 2.24) is 0 Å². The van der Waals surface area contributed by atoms with E-state index in [-0.39, 0.29) is 76.5 Å². The number of ether oxygens (including phenoxy) is 6. The lowest BCUT2D eigenvalue weighted by Gasteiger charge is -2.44. The summed E-state index contributed by atoms with van der Waals surface area (Å²) in [6, 6.07) is 21.6. The fourth-order valence-corrected chi connectivity index (χ4v) is 7.95. The first kappa shape index (κ1) is 46.1. The fourth-order valence-electron chi connectivity index (χ4n) is 7.95. The molecule has 0 aliphatic carbocycles. The zero-order valence-electron chi connectivity index (χ0n) is 31.8. The molecule has 4 aliphatic heterocycles. The molecule has 4 aromatic carbocycles. The molecular weight excluding hydrogens is 906 g/mol. The summed E-state index contributed by atoms with van der Waals surface area (Å²) in [6.45, 7) is 2.00. The third kappa shape index (κ3) is 8.61. The highest BCUT2D eigenvalue weighted by Crippen LogP contribution is 2.53. The standard InChI is InChI=1S/C40H48N2O6.2HI.3H2O/c1-41(2)17-15-27-22-34(44-6)36-24-30(27)31(41)19-25-9-12-29(13-10-25)47-35-21-26(11-14-33(35)43-5)20-32-38-28(16-18-42(32,3)4)23-37(45-7)39(46-8)40(38)48-36;;;;;/h9-14,21-24,31-32H,15-20H2,1-8H3;2*1H;3*1H2/q+2;;;;;/p-2/t31-,32-;;;;;/m0...../s1. The molecule has 11 nitrogen and oxygen atoms in total. The first-order valence-electron chi connectivity index (χ1n) is 16.8. The molecule has 292 valence electrons. The first-order chi connectivity index (χ1) is 23.0. The lowest BCUT2D eigenvalue weighted by molar-refractivity contribution is -0.923. The van der Waals surface area contributed by atoms with Crippen molar-refractivity contribution in [3.05, 3.63) is 94.0 Å². The predicted octanol–water partition coefficient (Wildman–Crippen LogP) is -1.01. The fraction of sp³-hybridized carbons (Fsp3) is 0.400. The SMILES string of the molecule is COc1ccc2cc1Oc1ccc(cc1)C[C@H]1c3cc(c(OC)cc3CC[N+]1(C)C)Oc1c(OC)c(OC)cc3c1[C@H](C2)[N+](C)(C)CC3.O.O.O.[I-].[I-]. The summed E-state index contributed by atoms with van der Waals surface area (Å²) < 4.78 is 39.1. The molecule has 6 bridgehead atoms. The van der Waals surface area contributed by atoms with Crippen molar-refractivity contribution in [2.45, 2.75) is 37.8 Å². The molecule has 0 saturated heterocycles. The lowest BCUT2D eigenvalue weighted by atomic mass is 9.85. The minimum absolute atomic E-state index is 0. The monoisotopic (exact) mass is 960 g/mol. The van der Waals surface area contributed by atoms with Crippen LogP contribution in [-0.4, -0.2) is 95.1 Å². The Morgan fingerprint density at radius 3 is 1.74 bits per heavy atom. The zero-order valence-corrected chi connectivity index (χ0v) is 36.1. The second-order valence-electron chi connectivity index (χ2n) is 14.5. The van der Waals surface area contributed by atoms with Gasteiger partial charge in [-0.1, -0.05) is 18.2 Å². The van der Waals surface area contributed by atoms with Crippen LogP contribution in [-0.2, 0) is 25.7 Å². The molecule has 0 fully saturated rings.